The van der Waals surface area contributed by atoms with E-state index in [2.05, 4.69) is 39.8 Å². The van der Waals surface area contributed by atoms with Crippen LogP contribution in [0.4, 0.5) is 11.4 Å². The molecule has 0 heterocycles. The van der Waals surface area contributed by atoms with E-state index in [4.69, 9.17) is 0 Å². The van der Waals surface area contributed by atoms with Gasteiger partial charge in [-0.15, -0.1) is 0 Å². The summed E-state index contributed by atoms with van der Waals surface area (Å²) >= 11 is 0. The molecule has 2 aromatic carbocycles. The summed E-state index contributed by atoms with van der Waals surface area (Å²) in [5.41, 5.74) is 6.19. The van der Waals surface area contributed by atoms with Crippen LogP contribution in [0.5, 0.6) is 5.75 Å². The molecule has 0 saturated heterocycles. The van der Waals surface area contributed by atoms with Gasteiger partial charge in [0, 0.05) is 17.5 Å². The molecule has 0 atom stereocenters. The maximum atomic E-state index is 13.3. The molecule has 38 heavy (non-hydrogen) atoms. The Kier molecular flexibility index (Phi) is 9.30. The minimum Gasteiger partial charge on any atom is -0.508 e. The molecule has 2 aromatic rings. The highest BCUT2D eigenvalue weighted by Crippen LogP contribution is 2.40. The van der Waals surface area contributed by atoms with E-state index in [1.165, 1.54) is 59.2 Å². The molecule has 0 saturated carbocycles. The Morgan fingerprint density at radius 2 is 1.53 bits per heavy atom. The van der Waals surface area contributed by atoms with E-state index in [1.807, 2.05) is 25.2 Å². The molecule has 2 N–H and O–H groups in total. The lowest BCUT2D eigenvalue weighted by atomic mass is 9.72. The van der Waals surface area contributed by atoms with Crippen molar-refractivity contribution in [3.8, 4) is 5.75 Å². The summed E-state index contributed by atoms with van der Waals surface area (Å²) in [6, 6.07) is 12.4. The number of hydrogen-bond acceptors (Lipinski definition) is 3. The first kappa shape index (κ1) is 28.5. The van der Waals surface area contributed by atoms with Gasteiger partial charge in [0.2, 0.25) is 0 Å². The van der Waals surface area contributed by atoms with E-state index in [9.17, 15) is 19.8 Å². The van der Waals surface area contributed by atoms with Crippen LogP contribution in [0.1, 0.15) is 64.2 Å². The molecule has 5 heteroatoms. The maximum Gasteiger partial charge on any atom is 0.335 e. The van der Waals surface area contributed by atoms with Gasteiger partial charge in [-0.05, 0) is 105 Å². The highest BCUT2D eigenvalue weighted by Gasteiger charge is 2.26. The molecule has 0 aromatic heterocycles. The van der Waals surface area contributed by atoms with Gasteiger partial charge in [0.15, 0.2) is 0 Å². The number of rotatable bonds is 8. The number of anilines is 2. The summed E-state index contributed by atoms with van der Waals surface area (Å²) in [5, 5.41) is 18.9. The number of nitrogens with zero attached hydrogens (tertiary/aromatic N) is 1. The molecule has 3 rings (SSSR count). The second kappa shape index (κ2) is 12.4. The van der Waals surface area contributed by atoms with Gasteiger partial charge in [-0.3, -0.25) is 9.69 Å². The highest BCUT2D eigenvalue weighted by molar-refractivity contribution is 6.07. The molecule has 0 radical (unpaired) electrons. The van der Waals surface area contributed by atoms with Gasteiger partial charge in [0.1, 0.15) is 5.75 Å². The van der Waals surface area contributed by atoms with Crippen LogP contribution < -0.4 is 4.90 Å². The predicted octanol–water partition coefficient (Wildman–Crippen LogP) is 8.29. The maximum absolute atomic E-state index is 13.3. The first-order chi connectivity index (χ1) is 18.0. The smallest absolute Gasteiger partial charge is 0.335 e. The molecular formula is C33H37NO4. The minimum absolute atomic E-state index is 0.0896. The number of benzene rings is 2. The number of carboxylic acid groups (broad SMARTS) is 1. The first-order valence-electron chi connectivity index (χ1n) is 12.9. The van der Waals surface area contributed by atoms with Crippen molar-refractivity contribution >= 4 is 23.3 Å². The van der Waals surface area contributed by atoms with Crippen LogP contribution >= 0.6 is 0 Å². The van der Waals surface area contributed by atoms with Crippen LogP contribution in [0.25, 0.3) is 0 Å². The first-order valence-corrected chi connectivity index (χ1v) is 12.9. The van der Waals surface area contributed by atoms with Gasteiger partial charge < -0.3 is 10.2 Å². The number of carboxylic acids is 1. The Balaban J connectivity index is 1.79. The topological polar surface area (TPSA) is 77.8 Å². The Morgan fingerprint density at radius 1 is 0.921 bits per heavy atom. The molecule has 5 nitrogen and oxygen atoms in total. The Labute approximate surface area is 225 Å². The van der Waals surface area contributed by atoms with Crippen molar-refractivity contribution in [2.45, 2.75) is 53.9 Å². The van der Waals surface area contributed by atoms with Gasteiger partial charge in [0.25, 0.3) is 5.91 Å². The van der Waals surface area contributed by atoms with Crippen LogP contribution in [0.15, 0.2) is 107 Å². The second-order valence-corrected chi connectivity index (χ2v) is 10.5. The number of amides is 1. The second-order valence-electron chi connectivity index (χ2n) is 10.5. The number of hydrogen-bond donors (Lipinski definition) is 2. The summed E-state index contributed by atoms with van der Waals surface area (Å²) in [7, 11) is 0. The van der Waals surface area contributed by atoms with Crippen LogP contribution in [-0.2, 0) is 4.79 Å². The molecule has 1 amide bonds. The lowest BCUT2D eigenvalue weighted by Gasteiger charge is -2.32. The van der Waals surface area contributed by atoms with Gasteiger partial charge in [-0.1, -0.05) is 55.4 Å². The number of carbonyl (C=O) groups is 2. The van der Waals surface area contributed by atoms with E-state index in [-0.39, 0.29) is 22.6 Å². The van der Waals surface area contributed by atoms with Crippen molar-refractivity contribution in [3.63, 3.8) is 0 Å². The molecule has 0 fully saturated rings. The van der Waals surface area contributed by atoms with Crippen LogP contribution in [0, 0.1) is 5.41 Å². The molecule has 0 unspecified atom stereocenters. The fourth-order valence-electron chi connectivity index (χ4n) is 4.70. The van der Waals surface area contributed by atoms with Crippen molar-refractivity contribution in [3.05, 3.63) is 113 Å². The van der Waals surface area contributed by atoms with Crippen molar-refractivity contribution in [2.24, 2.45) is 5.41 Å². The zero-order chi connectivity index (χ0) is 27.9. The molecule has 0 bridgehead atoms. The zero-order valence-electron chi connectivity index (χ0n) is 22.9. The largest absolute Gasteiger partial charge is 0.508 e. The molecular weight excluding hydrogens is 474 g/mol. The zero-order valence-corrected chi connectivity index (χ0v) is 22.9. The van der Waals surface area contributed by atoms with Crippen LogP contribution in [0.2, 0.25) is 0 Å². The fraction of sp³-hybridized carbons (Fsp3) is 0.273. The average Bonchev–Trinajstić information content (AvgIpc) is 2.85. The standard InChI is InChI=1S/C33H37NO4/c1-23(11-20-30-25(3)10-7-21-33(30,4)5)8-6-9-24(2)22-31(36)34(28-16-18-29(35)19-17-28)27-14-12-26(13-15-27)32(37)38/h6,8-9,11-20,22,35H,7,10,21H2,1-5H3,(H,37,38)/b9-6+,20-11+,23-8+,24-22+. The molecule has 198 valence electrons. The molecule has 0 spiro atoms. The SMILES string of the molecule is CC1=C(/C=C/C(C)=C/C=C/C(C)=C/C(=O)N(c2ccc(O)cc2)c2ccc(C(=O)O)cc2)C(C)(C)CCC1. The summed E-state index contributed by atoms with van der Waals surface area (Å²) in [6.07, 6.45) is 15.4. The summed E-state index contributed by atoms with van der Waals surface area (Å²) < 4.78 is 0. The van der Waals surface area contributed by atoms with Crippen molar-refractivity contribution in [1.29, 1.82) is 0 Å². The third kappa shape index (κ3) is 7.45. The molecule has 1 aliphatic carbocycles. The minimum atomic E-state index is -1.03. The number of carbonyl (C=O) groups excluding carboxylic acids is 1. The van der Waals surface area contributed by atoms with Crippen molar-refractivity contribution in [2.75, 3.05) is 4.90 Å². The van der Waals surface area contributed by atoms with Crippen LogP contribution in [0.3, 0.4) is 0 Å². The number of aromatic carboxylic acids is 1. The predicted molar refractivity (Wildman–Crippen MR) is 155 cm³/mol. The van der Waals surface area contributed by atoms with Gasteiger partial charge in [-0.25, -0.2) is 4.79 Å². The number of phenols is 1. The normalized spacial score (nSPS) is 16.3. The Hall–Kier alpha value is -4.12. The number of allylic oxidation sites excluding steroid dienone is 9. The van der Waals surface area contributed by atoms with E-state index in [0.29, 0.717) is 11.4 Å². The van der Waals surface area contributed by atoms with E-state index < -0.39 is 5.97 Å². The lowest BCUT2D eigenvalue weighted by molar-refractivity contribution is -0.113. The molecule has 1 aliphatic rings. The monoisotopic (exact) mass is 511 g/mol. The average molecular weight is 512 g/mol. The summed E-state index contributed by atoms with van der Waals surface area (Å²) in [6.45, 7) is 10.8. The summed E-state index contributed by atoms with van der Waals surface area (Å²) in [5.74, 6) is -1.23. The number of phenolic OH excluding ortho intramolecular Hbond substituents is 1. The highest BCUT2D eigenvalue weighted by atomic mass is 16.4. The third-order valence-electron chi connectivity index (χ3n) is 6.83. The number of aromatic hydroxyl groups is 1. The molecule has 0 aliphatic heterocycles. The van der Waals surface area contributed by atoms with E-state index in [0.717, 1.165) is 17.6 Å². The summed E-state index contributed by atoms with van der Waals surface area (Å²) in [4.78, 5) is 26.1. The van der Waals surface area contributed by atoms with Gasteiger partial charge >= 0.3 is 5.97 Å². The van der Waals surface area contributed by atoms with Gasteiger partial charge in [-0.2, -0.15) is 0 Å². The Bertz CT molecular complexity index is 1320. The quantitative estimate of drug-likeness (QED) is 0.276. The third-order valence-corrected chi connectivity index (χ3v) is 6.83. The van der Waals surface area contributed by atoms with E-state index >= 15 is 0 Å². The van der Waals surface area contributed by atoms with Crippen molar-refractivity contribution in [1.82, 2.24) is 0 Å². The van der Waals surface area contributed by atoms with Crippen molar-refractivity contribution < 1.29 is 19.8 Å². The Morgan fingerprint density at radius 3 is 2.11 bits per heavy atom. The lowest BCUT2D eigenvalue weighted by Crippen LogP contribution is -2.24. The van der Waals surface area contributed by atoms with E-state index in [1.54, 1.807) is 24.3 Å². The van der Waals surface area contributed by atoms with Crippen LogP contribution in [-0.4, -0.2) is 22.1 Å². The fourth-order valence-corrected chi connectivity index (χ4v) is 4.70. The van der Waals surface area contributed by atoms with Gasteiger partial charge in [0.05, 0.1) is 5.56 Å².